The van der Waals surface area contributed by atoms with Crippen molar-refractivity contribution in [2.45, 2.75) is 11.7 Å². The second-order valence-corrected chi connectivity index (χ2v) is 7.73. The summed E-state index contributed by atoms with van der Waals surface area (Å²) in [4.78, 5) is 27.0. The number of aromatic hydroxyl groups is 1. The van der Waals surface area contributed by atoms with Crippen LogP contribution >= 0.6 is 11.8 Å². The summed E-state index contributed by atoms with van der Waals surface area (Å²) in [6.07, 6.45) is 2.93. The number of hydrogen-bond acceptors (Lipinski definition) is 7. The maximum atomic E-state index is 13.1. The van der Waals surface area contributed by atoms with Gasteiger partial charge in [0, 0.05) is 12.1 Å². The van der Waals surface area contributed by atoms with Gasteiger partial charge in [0.05, 0.1) is 18.2 Å². The number of nitrogens with zero attached hydrogens (tertiary/aromatic N) is 3. The van der Waals surface area contributed by atoms with Crippen molar-refractivity contribution in [1.82, 2.24) is 0 Å². The first-order valence-corrected chi connectivity index (χ1v) is 10.3. The van der Waals surface area contributed by atoms with Crippen LogP contribution in [0, 0.1) is 0 Å². The Morgan fingerprint density at radius 3 is 2.61 bits per heavy atom. The minimum Gasteiger partial charge on any atom is -0.508 e. The van der Waals surface area contributed by atoms with Crippen LogP contribution < -0.4 is 10.2 Å². The fourth-order valence-corrected chi connectivity index (χ4v) is 4.00. The summed E-state index contributed by atoms with van der Waals surface area (Å²) in [6.45, 7) is 0. The monoisotopic (exact) mass is 434 g/mol. The summed E-state index contributed by atoms with van der Waals surface area (Å²) in [5, 5.41) is 20.2. The van der Waals surface area contributed by atoms with E-state index in [0.29, 0.717) is 22.3 Å². The zero-order valence-electron chi connectivity index (χ0n) is 16.2. The van der Waals surface area contributed by atoms with Crippen LogP contribution in [0.15, 0.2) is 87.6 Å². The predicted molar refractivity (Wildman–Crippen MR) is 120 cm³/mol. The normalized spacial score (nSPS) is 17.5. The topological polar surface area (TPSA) is 108 Å². The first-order valence-electron chi connectivity index (χ1n) is 9.39. The average Bonchev–Trinajstić information content (AvgIpc) is 3.38. The molecule has 2 amide bonds. The molecule has 31 heavy (non-hydrogen) atoms. The molecule has 0 saturated carbocycles. The van der Waals surface area contributed by atoms with E-state index in [1.54, 1.807) is 36.4 Å². The third-order valence-corrected chi connectivity index (χ3v) is 5.47. The number of phenols is 1. The van der Waals surface area contributed by atoms with Gasteiger partial charge in [-0.25, -0.2) is 0 Å². The van der Waals surface area contributed by atoms with E-state index in [-0.39, 0.29) is 24.0 Å². The van der Waals surface area contributed by atoms with Crippen molar-refractivity contribution in [3.8, 4) is 5.75 Å². The Kier molecular flexibility index (Phi) is 6.13. The van der Waals surface area contributed by atoms with Crippen molar-refractivity contribution in [2.24, 2.45) is 10.2 Å². The molecule has 0 radical (unpaired) electrons. The van der Waals surface area contributed by atoms with Gasteiger partial charge in [-0.05, 0) is 48.5 Å². The maximum absolute atomic E-state index is 13.1. The molecule has 0 aliphatic carbocycles. The molecule has 1 unspecified atom stereocenters. The number of carbonyl (C=O) groups is 2. The first-order chi connectivity index (χ1) is 15.1. The second-order valence-electron chi connectivity index (χ2n) is 6.56. The number of para-hydroxylation sites is 1. The highest BCUT2D eigenvalue weighted by Crippen LogP contribution is 2.34. The van der Waals surface area contributed by atoms with Crippen LogP contribution in [0.2, 0.25) is 0 Å². The van der Waals surface area contributed by atoms with Gasteiger partial charge < -0.3 is 14.8 Å². The van der Waals surface area contributed by atoms with Crippen LogP contribution in [0.3, 0.4) is 0 Å². The van der Waals surface area contributed by atoms with Crippen LogP contribution in [0.5, 0.6) is 5.75 Å². The highest BCUT2D eigenvalue weighted by atomic mass is 32.2. The Hall–Kier alpha value is -3.85. The third kappa shape index (κ3) is 5.01. The standard InChI is InChI=1S/C22H18N4O4S/c27-17-10-8-16(9-11-17)26-21(29)19(13-20(28)24-15-5-2-1-3-6-15)31-22(26)25-23-14-18-7-4-12-30-18/h1-12,14,19,27H,13H2,(H,24,28). The van der Waals surface area contributed by atoms with Gasteiger partial charge in [0.2, 0.25) is 11.8 Å². The minimum atomic E-state index is -0.657. The van der Waals surface area contributed by atoms with Crippen molar-refractivity contribution in [3.05, 3.63) is 78.8 Å². The molecule has 3 aromatic rings. The van der Waals surface area contributed by atoms with Crippen LogP contribution in [-0.4, -0.2) is 33.6 Å². The third-order valence-electron chi connectivity index (χ3n) is 4.34. The first kappa shape index (κ1) is 20.4. The van der Waals surface area contributed by atoms with Crippen molar-refractivity contribution < 1.29 is 19.1 Å². The van der Waals surface area contributed by atoms with E-state index in [1.165, 1.54) is 29.5 Å². The number of carbonyl (C=O) groups excluding carboxylic acids is 2. The number of amides is 2. The molecule has 2 aromatic carbocycles. The molecule has 8 nitrogen and oxygen atoms in total. The van der Waals surface area contributed by atoms with Crippen molar-refractivity contribution in [3.63, 3.8) is 0 Å². The molecule has 2 heterocycles. The largest absolute Gasteiger partial charge is 0.508 e. The van der Waals surface area contributed by atoms with E-state index in [1.807, 2.05) is 18.2 Å². The molecule has 1 aliphatic heterocycles. The molecule has 4 rings (SSSR count). The molecule has 0 bridgehead atoms. The zero-order valence-corrected chi connectivity index (χ0v) is 17.0. The van der Waals surface area contributed by atoms with Crippen LogP contribution in [0.4, 0.5) is 11.4 Å². The number of phenolic OH excluding ortho intramolecular Hbond substituents is 1. The molecular weight excluding hydrogens is 416 g/mol. The van der Waals surface area contributed by atoms with E-state index in [4.69, 9.17) is 4.42 Å². The van der Waals surface area contributed by atoms with E-state index < -0.39 is 5.25 Å². The Balaban J connectivity index is 1.54. The molecule has 1 aliphatic rings. The second kappa shape index (κ2) is 9.31. The van der Waals surface area contributed by atoms with Gasteiger partial charge in [0.1, 0.15) is 16.8 Å². The molecule has 2 N–H and O–H groups in total. The Labute approximate surface area is 182 Å². The number of thioether (sulfide) groups is 1. The lowest BCUT2D eigenvalue weighted by Gasteiger charge is -2.15. The summed E-state index contributed by atoms with van der Waals surface area (Å²) in [6, 6.07) is 18.7. The SMILES string of the molecule is O=C(CC1SC(=NN=Cc2ccco2)N(c2ccc(O)cc2)C1=O)Nc1ccccc1. The lowest BCUT2D eigenvalue weighted by molar-refractivity contribution is -0.121. The maximum Gasteiger partial charge on any atom is 0.247 e. The molecule has 1 atom stereocenters. The summed E-state index contributed by atoms with van der Waals surface area (Å²) in [5.74, 6) is 0.0405. The number of hydrogen-bond donors (Lipinski definition) is 2. The fraction of sp³-hybridized carbons (Fsp3) is 0.0909. The van der Waals surface area contributed by atoms with Crippen LogP contribution in [0.1, 0.15) is 12.2 Å². The van der Waals surface area contributed by atoms with Gasteiger partial charge >= 0.3 is 0 Å². The molecule has 9 heteroatoms. The minimum absolute atomic E-state index is 0.0199. The average molecular weight is 434 g/mol. The molecule has 1 fully saturated rings. The van der Waals surface area contributed by atoms with E-state index >= 15 is 0 Å². The Bertz CT molecular complexity index is 1110. The van der Waals surface area contributed by atoms with Crippen molar-refractivity contribution in [1.29, 1.82) is 0 Å². The van der Waals surface area contributed by atoms with E-state index in [9.17, 15) is 14.7 Å². The number of rotatable bonds is 6. The van der Waals surface area contributed by atoms with Gasteiger partial charge in [0.15, 0.2) is 5.17 Å². The fourth-order valence-electron chi connectivity index (χ4n) is 2.91. The summed E-state index contributed by atoms with van der Waals surface area (Å²) >= 11 is 1.16. The highest BCUT2D eigenvalue weighted by Gasteiger charge is 2.40. The van der Waals surface area contributed by atoms with E-state index in [0.717, 1.165) is 11.8 Å². The molecular formula is C22H18N4O4S. The number of amidine groups is 1. The van der Waals surface area contributed by atoms with Gasteiger partial charge in [-0.3, -0.25) is 14.5 Å². The number of furan rings is 1. The van der Waals surface area contributed by atoms with Gasteiger partial charge in [-0.1, -0.05) is 30.0 Å². The van der Waals surface area contributed by atoms with Gasteiger partial charge in [0.25, 0.3) is 0 Å². The van der Waals surface area contributed by atoms with Crippen LogP contribution in [-0.2, 0) is 9.59 Å². The summed E-state index contributed by atoms with van der Waals surface area (Å²) < 4.78 is 5.19. The molecule has 1 saturated heterocycles. The van der Waals surface area contributed by atoms with Gasteiger partial charge in [-0.2, -0.15) is 5.10 Å². The molecule has 1 aromatic heterocycles. The molecule has 0 spiro atoms. The van der Waals surface area contributed by atoms with Crippen molar-refractivity contribution >= 4 is 46.3 Å². The van der Waals surface area contributed by atoms with Crippen molar-refractivity contribution in [2.75, 3.05) is 10.2 Å². The summed E-state index contributed by atoms with van der Waals surface area (Å²) in [5.41, 5.74) is 1.18. The summed E-state index contributed by atoms with van der Waals surface area (Å²) in [7, 11) is 0. The van der Waals surface area contributed by atoms with E-state index in [2.05, 4.69) is 15.5 Å². The van der Waals surface area contributed by atoms with Gasteiger partial charge in [-0.15, -0.1) is 5.10 Å². The molecule has 156 valence electrons. The lowest BCUT2D eigenvalue weighted by atomic mass is 10.2. The predicted octanol–water partition coefficient (Wildman–Crippen LogP) is 3.85. The smallest absolute Gasteiger partial charge is 0.247 e. The Morgan fingerprint density at radius 1 is 1.13 bits per heavy atom. The van der Waals surface area contributed by atoms with Crippen LogP contribution in [0.25, 0.3) is 0 Å². The number of nitrogens with one attached hydrogen (secondary N) is 1. The lowest BCUT2D eigenvalue weighted by Crippen LogP contribution is -2.33. The zero-order chi connectivity index (χ0) is 21.6. The number of benzene rings is 2. The Morgan fingerprint density at radius 2 is 1.90 bits per heavy atom. The number of anilines is 2. The quantitative estimate of drug-likeness (QED) is 0.453. The highest BCUT2D eigenvalue weighted by molar-refractivity contribution is 8.16.